The van der Waals surface area contributed by atoms with Crippen LogP contribution in [0.1, 0.15) is 41.4 Å². The summed E-state index contributed by atoms with van der Waals surface area (Å²) in [5.74, 6) is 0.942. The quantitative estimate of drug-likeness (QED) is 0.818. The van der Waals surface area contributed by atoms with E-state index in [2.05, 4.69) is 43.4 Å². The van der Waals surface area contributed by atoms with Crippen molar-refractivity contribution in [2.75, 3.05) is 5.75 Å². The zero-order chi connectivity index (χ0) is 15.2. The molecule has 0 aliphatic carbocycles. The number of nitrogens with one attached hydrogen (secondary N) is 1. The normalized spacial score (nSPS) is 12.0. The molecule has 2 rings (SSSR count). The Hall–Kier alpha value is -1.74. The van der Waals surface area contributed by atoms with Gasteiger partial charge in [-0.05, 0) is 37.3 Å². The first-order valence-corrected chi connectivity index (χ1v) is 8.19. The molecule has 2 aromatic rings. The molecule has 2 nitrogen and oxygen atoms in total. The third-order valence-electron chi connectivity index (χ3n) is 3.36. The molecule has 2 aromatic carbocycles. The fraction of sp³-hybridized carbons (Fsp3) is 0.278. The topological polar surface area (TPSA) is 29.1 Å². The van der Waals surface area contributed by atoms with Gasteiger partial charge in [0.1, 0.15) is 0 Å². The SMILES string of the molecule is CCSc1ccccc1C(=O)NC(C)c1ccc(C)cc1. The van der Waals surface area contributed by atoms with Crippen LogP contribution in [0.5, 0.6) is 0 Å². The fourth-order valence-electron chi connectivity index (χ4n) is 2.15. The molecule has 0 aromatic heterocycles. The van der Waals surface area contributed by atoms with Gasteiger partial charge >= 0.3 is 0 Å². The number of aryl methyl sites for hydroxylation is 1. The second-order valence-corrected chi connectivity index (χ2v) is 6.34. The van der Waals surface area contributed by atoms with Crippen LogP contribution >= 0.6 is 11.8 Å². The summed E-state index contributed by atoms with van der Waals surface area (Å²) in [7, 11) is 0. The summed E-state index contributed by atoms with van der Waals surface area (Å²) in [5, 5.41) is 3.08. The van der Waals surface area contributed by atoms with Crippen LogP contribution in [0.3, 0.4) is 0 Å². The van der Waals surface area contributed by atoms with E-state index in [9.17, 15) is 4.79 Å². The minimum Gasteiger partial charge on any atom is -0.345 e. The predicted molar refractivity (Wildman–Crippen MR) is 89.9 cm³/mol. The number of thioether (sulfide) groups is 1. The van der Waals surface area contributed by atoms with Crippen LogP contribution in [-0.2, 0) is 0 Å². The molecule has 0 radical (unpaired) electrons. The summed E-state index contributed by atoms with van der Waals surface area (Å²) in [6.07, 6.45) is 0. The molecule has 0 spiro atoms. The Kier molecular flexibility index (Phi) is 5.45. The number of hydrogen-bond donors (Lipinski definition) is 1. The largest absolute Gasteiger partial charge is 0.345 e. The van der Waals surface area contributed by atoms with Gasteiger partial charge in [-0.2, -0.15) is 0 Å². The summed E-state index contributed by atoms with van der Waals surface area (Å²) < 4.78 is 0. The standard InChI is InChI=1S/C18H21NOS/c1-4-21-17-8-6-5-7-16(17)18(20)19-14(3)15-11-9-13(2)10-12-15/h5-12,14H,4H2,1-3H3,(H,19,20). The van der Waals surface area contributed by atoms with Gasteiger partial charge < -0.3 is 5.32 Å². The molecule has 110 valence electrons. The second-order valence-electron chi connectivity index (χ2n) is 5.04. The summed E-state index contributed by atoms with van der Waals surface area (Å²) >= 11 is 1.69. The van der Waals surface area contributed by atoms with Gasteiger partial charge in [-0.15, -0.1) is 11.8 Å². The van der Waals surface area contributed by atoms with Crippen molar-refractivity contribution < 1.29 is 4.79 Å². The molecule has 1 atom stereocenters. The number of rotatable bonds is 5. The highest BCUT2D eigenvalue weighted by molar-refractivity contribution is 7.99. The molecular formula is C18H21NOS. The van der Waals surface area contributed by atoms with Crippen LogP contribution in [0.4, 0.5) is 0 Å². The van der Waals surface area contributed by atoms with E-state index in [0.29, 0.717) is 0 Å². The highest BCUT2D eigenvalue weighted by atomic mass is 32.2. The van der Waals surface area contributed by atoms with Crippen LogP contribution in [0.25, 0.3) is 0 Å². The Bertz CT molecular complexity index is 607. The van der Waals surface area contributed by atoms with E-state index < -0.39 is 0 Å². The van der Waals surface area contributed by atoms with Crippen molar-refractivity contribution >= 4 is 17.7 Å². The lowest BCUT2D eigenvalue weighted by atomic mass is 10.1. The average molecular weight is 299 g/mol. The lowest BCUT2D eigenvalue weighted by Gasteiger charge is -2.16. The molecule has 1 unspecified atom stereocenters. The maximum Gasteiger partial charge on any atom is 0.252 e. The average Bonchev–Trinajstić information content (AvgIpc) is 2.48. The second kappa shape index (κ2) is 7.32. The van der Waals surface area contributed by atoms with Gasteiger partial charge in [0, 0.05) is 4.90 Å². The Morgan fingerprint density at radius 1 is 1.14 bits per heavy atom. The Labute approximate surface area is 131 Å². The molecule has 0 aliphatic heterocycles. The minimum absolute atomic E-state index is 0.00205. The van der Waals surface area contributed by atoms with Gasteiger partial charge in [-0.3, -0.25) is 4.79 Å². The number of hydrogen-bond acceptors (Lipinski definition) is 2. The van der Waals surface area contributed by atoms with E-state index in [0.717, 1.165) is 21.8 Å². The lowest BCUT2D eigenvalue weighted by Crippen LogP contribution is -2.27. The van der Waals surface area contributed by atoms with Gasteiger partial charge in [0.05, 0.1) is 11.6 Å². The van der Waals surface area contributed by atoms with E-state index in [1.54, 1.807) is 11.8 Å². The van der Waals surface area contributed by atoms with E-state index >= 15 is 0 Å². The van der Waals surface area contributed by atoms with Crippen molar-refractivity contribution in [3.8, 4) is 0 Å². The third-order valence-corrected chi connectivity index (χ3v) is 4.31. The molecular weight excluding hydrogens is 278 g/mol. The molecule has 3 heteroatoms. The summed E-state index contributed by atoms with van der Waals surface area (Å²) in [5.41, 5.74) is 3.10. The Balaban J connectivity index is 2.12. The lowest BCUT2D eigenvalue weighted by molar-refractivity contribution is 0.0937. The Morgan fingerprint density at radius 2 is 1.81 bits per heavy atom. The highest BCUT2D eigenvalue weighted by Gasteiger charge is 2.14. The number of carbonyl (C=O) groups excluding carboxylic acids is 1. The molecule has 0 saturated heterocycles. The first kappa shape index (κ1) is 15.6. The van der Waals surface area contributed by atoms with Crippen LogP contribution in [0, 0.1) is 6.92 Å². The number of amides is 1. The van der Waals surface area contributed by atoms with Crippen molar-refractivity contribution in [3.63, 3.8) is 0 Å². The van der Waals surface area contributed by atoms with Gasteiger partial charge in [0.15, 0.2) is 0 Å². The van der Waals surface area contributed by atoms with Crippen LogP contribution < -0.4 is 5.32 Å². The summed E-state index contributed by atoms with van der Waals surface area (Å²) in [6, 6.07) is 16.0. The van der Waals surface area contributed by atoms with Crippen LogP contribution in [0.15, 0.2) is 53.4 Å². The Morgan fingerprint density at radius 3 is 2.48 bits per heavy atom. The van der Waals surface area contributed by atoms with E-state index in [-0.39, 0.29) is 11.9 Å². The highest BCUT2D eigenvalue weighted by Crippen LogP contribution is 2.23. The van der Waals surface area contributed by atoms with Crippen molar-refractivity contribution in [1.82, 2.24) is 5.32 Å². The molecule has 0 fully saturated rings. The van der Waals surface area contributed by atoms with Crippen LogP contribution in [0.2, 0.25) is 0 Å². The van der Waals surface area contributed by atoms with E-state index in [1.165, 1.54) is 5.56 Å². The molecule has 0 heterocycles. The van der Waals surface area contributed by atoms with Gasteiger partial charge in [0.25, 0.3) is 5.91 Å². The third kappa shape index (κ3) is 4.11. The van der Waals surface area contributed by atoms with Gasteiger partial charge in [-0.25, -0.2) is 0 Å². The maximum absolute atomic E-state index is 12.5. The zero-order valence-electron chi connectivity index (χ0n) is 12.7. The van der Waals surface area contributed by atoms with Crippen molar-refractivity contribution in [2.45, 2.75) is 31.7 Å². The first-order chi connectivity index (χ1) is 10.1. The molecule has 21 heavy (non-hydrogen) atoms. The molecule has 0 saturated carbocycles. The van der Waals surface area contributed by atoms with Crippen molar-refractivity contribution in [1.29, 1.82) is 0 Å². The van der Waals surface area contributed by atoms with E-state index in [1.807, 2.05) is 31.2 Å². The molecule has 1 N–H and O–H groups in total. The fourth-order valence-corrected chi connectivity index (χ4v) is 2.95. The number of carbonyl (C=O) groups is 1. The van der Waals surface area contributed by atoms with Crippen LogP contribution in [-0.4, -0.2) is 11.7 Å². The minimum atomic E-state index is -0.0142. The monoisotopic (exact) mass is 299 g/mol. The number of benzene rings is 2. The van der Waals surface area contributed by atoms with Crippen molar-refractivity contribution in [3.05, 3.63) is 65.2 Å². The van der Waals surface area contributed by atoms with Gasteiger partial charge in [-0.1, -0.05) is 48.9 Å². The smallest absolute Gasteiger partial charge is 0.252 e. The van der Waals surface area contributed by atoms with Crippen molar-refractivity contribution in [2.24, 2.45) is 0 Å². The predicted octanol–water partition coefficient (Wildman–Crippen LogP) is 4.60. The first-order valence-electron chi connectivity index (χ1n) is 7.21. The summed E-state index contributed by atoms with van der Waals surface area (Å²) in [6.45, 7) is 6.16. The zero-order valence-corrected chi connectivity index (χ0v) is 13.5. The maximum atomic E-state index is 12.5. The summed E-state index contributed by atoms with van der Waals surface area (Å²) in [4.78, 5) is 13.5. The molecule has 0 aliphatic rings. The van der Waals surface area contributed by atoms with Gasteiger partial charge in [0.2, 0.25) is 0 Å². The van der Waals surface area contributed by atoms with E-state index in [4.69, 9.17) is 0 Å². The molecule has 0 bridgehead atoms. The molecule has 1 amide bonds.